The summed E-state index contributed by atoms with van der Waals surface area (Å²) in [5, 5.41) is 4.89. The van der Waals surface area contributed by atoms with Crippen molar-refractivity contribution in [3.05, 3.63) is 59.0 Å². The molecule has 2 nitrogen and oxygen atoms in total. The van der Waals surface area contributed by atoms with Gasteiger partial charge in [0.2, 0.25) is 0 Å². The molecular formula is C16H14ClFN2S. The number of rotatable bonds is 4. The summed E-state index contributed by atoms with van der Waals surface area (Å²) in [6, 6.07) is 10.7. The van der Waals surface area contributed by atoms with Crippen molar-refractivity contribution in [3.8, 4) is 0 Å². The zero-order chi connectivity index (χ0) is 14.8. The summed E-state index contributed by atoms with van der Waals surface area (Å²) in [5.74, 6) is -0.233. The number of hydrogen-bond acceptors (Lipinski definition) is 2. The SMILES string of the molecule is CNCc1cc(Cl)ccc1Sc1c[nH]c2cc(F)ccc12. The predicted molar refractivity (Wildman–Crippen MR) is 86.6 cm³/mol. The molecule has 3 rings (SSSR count). The molecule has 108 valence electrons. The molecule has 0 fully saturated rings. The topological polar surface area (TPSA) is 27.8 Å². The molecule has 0 amide bonds. The van der Waals surface area contributed by atoms with Gasteiger partial charge in [0, 0.05) is 38.5 Å². The van der Waals surface area contributed by atoms with Crippen LogP contribution in [0.5, 0.6) is 0 Å². The number of halogens is 2. The monoisotopic (exact) mass is 320 g/mol. The van der Waals surface area contributed by atoms with Crippen LogP contribution in [0.25, 0.3) is 10.9 Å². The molecule has 0 saturated carbocycles. The highest BCUT2D eigenvalue weighted by molar-refractivity contribution is 7.99. The zero-order valence-electron chi connectivity index (χ0n) is 11.4. The van der Waals surface area contributed by atoms with E-state index in [0.717, 1.165) is 37.8 Å². The number of H-pyrrole nitrogens is 1. The van der Waals surface area contributed by atoms with Crippen LogP contribution >= 0.6 is 23.4 Å². The largest absolute Gasteiger partial charge is 0.360 e. The van der Waals surface area contributed by atoms with Crippen molar-refractivity contribution < 1.29 is 4.39 Å². The maximum Gasteiger partial charge on any atom is 0.125 e. The smallest absolute Gasteiger partial charge is 0.125 e. The second-order valence-electron chi connectivity index (χ2n) is 4.73. The van der Waals surface area contributed by atoms with Crippen LogP contribution in [0, 0.1) is 5.82 Å². The van der Waals surface area contributed by atoms with Crippen LogP contribution in [-0.2, 0) is 6.54 Å². The van der Waals surface area contributed by atoms with Gasteiger partial charge in [0.05, 0.1) is 0 Å². The fraction of sp³-hybridized carbons (Fsp3) is 0.125. The molecule has 0 unspecified atom stereocenters. The number of hydrogen-bond donors (Lipinski definition) is 2. The van der Waals surface area contributed by atoms with Gasteiger partial charge in [-0.3, -0.25) is 0 Å². The molecule has 1 aromatic heterocycles. The van der Waals surface area contributed by atoms with Crippen molar-refractivity contribution in [2.24, 2.45) is 0 Å². The Balaban J connectivity index is 1.98. The lowest BCUT2D eigenvalue weighted by Gasteiger charge is -2.09. The summed E-state index contributed by atoms with van der Waals surface area (Å²) in [6.07, 6.45) is 1.91. The van der Waals surface area contributed by atoms with Crippen molar-refractivity contribution in [2.75, 3.05) is 7.05 Å². The van der Waals surface area contributed by atoms with Crippen LogP contribution in [0.15, 0.2) is 52.4 Å². The minimum absolute atomic E-state index is 0.233. The molecule has 0 saturated heterocycles. The van der Waals surface area contributed by atoms with Gasteiger partial charge in [-0.2, -0.15) is 0 Å². The molecule has 5 heteroatoms. The third-order valence-corrected chi connectivity index (χ3v) is 4.63. The molecule has 0 aliphatic carbocycles. The molecule has 0 bridgehead atoms. The molecule has 2 aromatic carbocycles. The Morgan fingerprint density at radius 3 is 2.86 bits per heavy atom. The van der Waals surface area contributed by atoms with Gasteiger partial charge in [-0.15, -0.1) is 0 Å². The van der Waals surface area contributed by atoms with E-state index in [1.807, 2.05) is 31.4 Å². The predicted octanol–water partition coefficient (Wildman–Crippen LogP) is 4.83. The first-order chi connectivity index (χ1) is 10.2. The highest BCUT2D eigenvalue weighted by atomic mass is 35.5. The first-order valence-corrected chi connectivity index (χ1v) is 7.74. The summed E-state index contributed by atoms with van der Waals surface area (Å²) in [5.41, 5.74) is 1.95. The molecule has 0 radical (unpaired) electrons. The van der Waals surface area contributed by atoms with Crippen molar-refractivity contribution in [1.29, 1.82) is 0 Å². The van der Waals surface area contributed by atoms with Gasteiger partial charge >= 0.3 is 0 Å². The Morgan fingerprint density at radius 1 is 1.19 bits per heavy atom. The third-order valence-electron chi connectivity index (χ3n) is 3.22. The van der Waals surface area contributed by atoms with Crippen LogP contribution in [0.4, 0.5) is 4.39 Å². The second kappa shape index (κ2) is 6.10. The molecule has 0 atom stereocenters. The second-order valence-corrected chi connectivity index (χ2v) is 6.25. The minimum atomic E-state index is -0.233. The van der Waals surface area contributed by atoms with E-state index in [4.69, 9.17) is 11.6 Å². The fourth-order valence-electron chi connectivity index (χ4n) is 2.25. The Hall–Kier alpha value is -1.49. The van der Waals surface area contributed by atoms with Gasteiger partial charge in [0.1, 0.15) is 5.82 Å². The van der Waals surface area contributed by atoms with Gasteiger partial charge in [0.15, 0.2) is 0 Å². The first-order valence-electron chi connectivity index (χ1n) is 6.55. The van der Waals surface area contributed by atoms with Crippen LogP contribution < -0.4 is 5.32 Å². The third kappa shape index (κ3) is 3.07. The standard InChI is InChI=1S/C16H14ClFN2S/c1-19-8-10-6-11(17)2-5-15(10)21-16-9-20-14-7-12(18)3-4-13(14)16/h2-7,9,19-20H,8H2,1H3. The van der Waals surface area contributed by atoms with E-state index in [1.54, 1.807) is 17.8 Å². The highest BCUT2D eigenvalue weighted by Crippen LogP contribution is 2.36. The summed E-state index contributed by atoms with van der Waals surface area (Å²) in [4.78, 5) is 5.32. The summed E-state index contributed by atoms with van der Waals surface area (Å²) >= 11 is 7.71. The molecule has 1 heterocycles. The molecular weight excluding hydrogens is 307 g/mol. The van der Waals surface area contributed by atoms with Crippen LogP contribution in [0.1, 0.15) is 5.56 Å². The van der Waals surface area contributed by atoms with Gasteiger partial charge in [-0.05, 0) is 49.0 Å². The zero-order valence-corrected chi connectivity index (χ0v) is 13.0. The van der Waals surface area contributed by atoms with E-state index in [2.05, 4.69) is 10.3 Å². The lowest BCUT2D eigenvalue weighted by atomic mass is 10.2. The van der Waals surface area contributed by atoms with Crippen molar-refractivity contribution in [1.82, 2.24) is 10.3 Å². The number of aromatic amines is 1. The lowest BCUT2D eigenvalue weighted by molar-refractivity contribution is 0.629. The Bertz CT molecular complexity index is 785. The van der Waals surface area contributed by atoms with E-state index in [1.165, 1.54) is 12.1 Å². The van der Waals surface area contributed by atoms with E-state index in [0.29, 0.717) is 0 Å². The van der Waals surface area contributed by atoms with Crippen molar-refractivity contribution >= 4 is 34.3 Å². The van der Waals surface area contributed by atoms with E-state index in [9.17, 15) is 4.39 Å². The summed E-state index contributed by atoms with van der Waals surface area (Å²) < 4.78 is 13.2. The van der Waals surface area contributed by atoms with E-state index in [-0.39, 0.29) is 5.82 Å². The average molecular weight is 321 g/mol. The van der Waals surface area contributed by atoms with Gasteiger partial charge < -0.3 is 10.3 Å². The molecule has 0 spiro atoms. The van der Waals surface area contributed by atoms with Gasteiger partial charge in [-0.25, -0.2) is 4.39 Å². The van der Waals surface area contributed by atoms with Gasteiger partial charge in [0.25, 0.3) is 0 Å². The molecule has 0 aliphatic rings. The number of aromatic nitrogens is 1. The minimum Gasteiger partial charge on any atom is -0.360 e. The average Bonchev–Trinajstić information content (AvgIpc) is 2.84. The molecule has 3 aromatic rings. The highest BCUT2D eigenvalue weighted by Gasteiger charge is 2.09. The Morgan fingerprint density at radius 2 is 2.05 bits per heavy atom. The maximum atomic E-state index is 13.2. The summed E-state index contributed by atoms with van der Waals surface area (Å²) in [6.45, 7) is 0.750. The van der Waals surface area contributed by atoms with Gasteiger partial charge in [-0.1, -0.05) is 23.4 Å². The Kier molecular flexibility index (Phi) is 4.19. The normalized spacial score (nSPS) is 11.2. The number of nitrogens with one attached hydrogen (secondary N) is 2. The van der Waals surface area contributed by atoms with Crippen LogP contribution in [-0.4, -0.2) is 12.0 Å². The van der Waals surface area contributed by atoms with Crippen molar-refractivity contribution in [2.45, 2.75) is 16.3 Å². The molecule has 2 N–H and O–H groups in total. The molecule has 0 aliphatic heterocycles. The lowest BCUT2D eigenvalue weighted by Crippen LogP contribution is -2.06. The first kappa shape index (κ1) is 14.4. The molecule has 21 heavy (non-hydrogen) atoms. The quantitative estimate of drug-likeness (QED) is 0.720. The van der Waals surface area contributed by atoms with Crippen molar-refractivity contribution in [3.63, 3.8) is 0 Å². The van der Waals surface area contributed by atoms with E-state index >= 15 is 0 Å². The number of benzene rings is 2. The van der Waals surface area contributed by atoms with Crippen LogP contribution in [0.3, 0.4) is 0 Å². The fourth-order valence-corrected chi connectivity index (χ4v) is 3.49. The number of fused-ring (bicyclic) bond motifs is 1. The van der Waals surface area contributed by atoms with Crippen LogP contribution in [0.2, 0.25) is 5.02 Å². The summed E-state index contributed by atoms with van der Waals surface area (Å²) in [7, 11) is 1.91. The maximum absolute atomic E-state index is 13.2. The Labute approximate surface area is 131 Å². The van der Waals surface area contributed by atoms with E-state index < -0.39 is 0 Å².